The van der Waals surface area contributed by atoms with Crippen molar-refractivity contribution in [1.82, 2.24) is 15.3 Å². The van der Waals surface area contributed by atoms with Crippen LogP contribution in [0.5, 0.6) is 0 Å². The number of benzene rings is 1. The Bertz CT molecular complexity index is 1080. The van der Waals surface area contributed by atoms with Gasteiger partial charge >= 0.3 is 0 Å². The molecule has 1 aliphatic rings. The van der Waals surface area contributed by atoms with Crippen LogP contribution in [-0.4, -0.2) is 21.4 Å². The molecule has 2 heterocycles. The van der Waals surface area contributed by atoms with E-state index in [0.717, 1.165) is 25.0 Å². The quantitative estimate of drug-likeness (QED) is 0.685. The minimum absolute atomic E-state index is 0.0509. The van der Waals surface area contributed by atoms with Gasteiger partial charge in [0, 0.05) is 17.2 Å². The first-order chi connectivity index (χ1) is 13.3. The van der Waals surface area contributed by atoms with E-state index in [-0.39, 0.29) is 11.1 Å². The molecule has 2 N–H and O–H groups in total. The van der Waals surface area contributed by atoms with E-state index in [9.17, 15) is 13.6 Å². The number of carbonyl (C=O) groups is 1. The average molecular weight is 386 g/mol. The van der Waals surface area contributed by atoms with E-state index in [4.69, 9.17) is 4.42 Å². The van der Waals surface area contributed by atoms with Gasteiger partial charge in [-0.05, 0) is 39.7 Å². The lowest BCUT2D eigenvalue weighted by Gasteiger charge is -2.16. The van der Waals surface area contributed by atoms with Gasteiger partial charge in [0.1, 0.15) is 29.5 Å². The Morgan fingerprint density at radius 3 is 2.71 bits per heavy atom. The van der Waals surface area contributed by atoms with Crippen molar-refractivity contribution in [2.75, 3.05) is 5.32 Å². The highest BCUT2D eigenvalue weighted by Gasteiger charge is 2.38. The van der Waals surface area contributed by atoms with E-state index in [1.807, 2.05) is 0 Å². The van der Waals surface area contributed by atoms with Crippen LogP contribution in [0.25, 0.3) is 11.1 Å². The van der Waals surface area contributed by atoms with Gasteiger partial charge in [0.05, 0.1) is 17.0 Å². The Balaban J connectivity index is 1.68. The number of aromatic nitrogens is 2. The molecule has 4 rings (SSSR count). The lowest BCUT2D eigenvalue weighted by molar-refractivity contribution is 0.0939. The van der Waals surface area contributed by atoms with Gasteiger partial charge in [-0.3, -0.25) is 4.79 Å². The van der Waals surface area contributed by atoms with Crippen LogP contribution in [0, 0.1) is 18.6 Å². The number of hydrogen-bond donors (Lipinski definition) is 2. The Hall–Kier alpha value is -3.03. The molecule has 8 heteroatoms. The van der Waals surface area contributed by atoms with Crippen molar-refractivity contribution < 1.29 is 18.0 Å². The summed E-state index contributed by atoms with van der Waals surface area (Å²) in [5.41, 5.74) is 0.757. The maximum atomic E-state index is 14.0. The summed E-state index contributed by atoms with van der Waals surface area (Å²) in [5.74, 6) is -0.894. The van der Waals surface area contributed by atoms with E-state index in [0.29, 0.717) is 28.2 Å². The van der Waals surface area contributed by atoms with Gasteiger partial charge in [-0.15, -0.1) is 0 Å². The minimum Gasteiger partial charge on any atom is -0.442 e. The van der Waals surface area contributed by atoms with Gasteiger partial charge in [0.25, 0.3) is 5.91 Å². The van der Waals surface area contributed by atoms with Crippen molar-refractivity contribution in [3.63, 3.8) is 0 Å². The average Bonchev–Trinajstić information content (AvgIpc) is 3.23. The Labute approximate surface area is 160 Å². The standard InChI is InChI=1S/C20H20F2N4O2/c1-10(13-5-4-12(21)8-14(13)22)25-18(27)15-11(2)28-19-16(15)17(23-9-24-19)26-20(3)6-7-20/h4-5,8-10H,6-7H2,1-3H3,(H,25,27)(H,23,24,26)/t10-/m1/s1. The van der Waals surface area contributed by atoms with Crippen LogP contribution in [0.2, 0.25) is 0 Å². The summed E-state index contributed by atoms with van der Waals surface area (Å²) in [7, 11) is 0. The molecule has 0 radical (unpaired) electrons. The van der Waals surface area contributed by atoms with E-state index >= 15 is 0 Å². The van der Waals surface area contributed by atoms with E-state index in [2.05, 4.69) is 27.5 Å². The van der Waals surface area contributed by atoms with Crippen LogP contribution in [0.4, 0.5) is 14.6 Å². The lowest BCUT2D eigenvalue weighted by atomic mass is 10.1. The second-order valence-electron chi connectivity index (χ2n) is 7.48. The van der Waals surface area contributed by atoms with Gasteiger partial charge in [-0.2, -0.15) is 0 Å². The molecule has 1 aliphatic carbocycles. The fourth-order valence-corrected chi connectivity index (χ4v) is 3.21. The third kappa shape index (κ3) is 3.30. The van der Waals surface area contributed by atoms with Crippen molar-refractivity contribution in [3.8, 4) is 0 Å². The number of halogens is 2. The first-order valence-corrected chi connectivity index (χ1v) is 9.05. The number of rotatable bonds is 5. The molecule has 0 saturated heterocycles. The summed E-state index contributed by atoms with van der Waals surface area (Å²) < 4.78 is 32.8. The molecular formula is C20H20F2N4O2. The smallest absolute Gasteiger partial charge is 0.256 e. The van der Waals surface area contributed by atoms with E-state index in [1.54, 1.807) is 13.8 Å². The second-order valence-corrected chi connectivity index (χ2v) is 7.48. The molecule has 1 fully saturated rings. The molecule has 1 aromatic carbocycles. The molecule has 146 valence electrons. The number of fused-ring (bicyclic) bond motifs is 1. The zero-order valence-electron chi connectivity index (χ0n) is 15.8. The molecule has 1 atom stereocenters. The summed E-state index contributed by atoms with van der Waals surface area (Å²) in [5, 5.41) is 6.60. The number of hydrogen-bond acceptors (Lipinski definition) is 5. The van der Waals surface area contributed by atoms with Crippen LogP contribution in [0.15, 0.2) is 28.9 Å². The monoisotopic (exact) mass is 386 g/mol. The summed E-state index contributed by atoms with van der Waals surface area (Å²) in [4.78, 5) is 21.4. The fourth-order valence-electron chi connectivity index (χ4n) is 3.21. The highest BCUT2D eigenvalue weighted by Crippen LogP contribution is 2.40. The number of carbonyl (C=O) groups excluding carboxylic acids is 1. The normalized spacial score (nSPS) is 16.0. The molecule has 0 bridgehead atoms. The predicted octanol–water partition coefficient (Wildman–Crippen LogP) is 4.26. The van der Waals surface area contributed by atoms with Crippen LogP contribution < -0.4 is 10.6 Å². The van der Waals surface area contributed by atoms with Crippen molar-refractivity contribution in [2.45, 2.75) is 45.2 Å². The first kappa shape index (κ1) is 18.3. The number of nitrogens with zero attached hydrogens (tertiary/aromatic N) is 2. The predicted molar refractivity (Wildman–Crippen MR) is 100 cm³/mol. The van der Waals surface area contributed by atoms with Crippen molar-refractivity contribution in [2.24, 2.45) is 0 Å². The molecule has 0 aliphatic heterocycles. The molecule has 6 nitrogen and oxygen atoms in total. The van der Waals surface area contributed by atoms with Crippen LogP contribution in [0.3, 0.4) is 0 Å². The van der Waals surface area contributed by atoms with Gasteiger partial charge in [-0.25, -0.2) is 18.7 Å². The van der Waals surface area contributed by atoms with E-state index < -0.39 is 23.6 Å². The fraction of sp³-hybridized carbons (Fsp3) is 0.350. The Kier molecular flexibility index (Phi) is 4.28. The summed E-state index contributed by atoms with van der Waals surface area (Å²) >= 11 is 0. The molecule has 1 saturated carbocycles. The second kappa shape index (κ2) is 6.54. The lowest BCUT2D eigenvalue weighted by Crippen LogP contribution is -2.28. The Morgan fingerprint density at radius 2 is 2.04 bits per heavy atom. The number of nitrogens with one attached hydrogen (secondary N) is 2. The zero-order valence-corrected chi connectivity index (χ0v) is 15.8. The van der Waals surface area contributed by atoms with Gasteiger partial charge in [0.2, 0.25) is 5.71 Å². The minimum atomic E-state index is -0.714. The number of furan rings is 1. The third-order valence-corrected chi connectivity index (χ3v) is 5.09. The van der Waals surface area contributed by atoms with Crippen molar-refractivity contribution >= 4 is 22.8 Å². The van der Waals surface area contributed by atoms with Crippen molar-refractivity contribution in [1.29, 1.82) is 0 Å². The number of anilines is 1. The summed E-state index contributed by atoms with van der Waals surface area (Å²) in [6.07, 6.45) is 3.41. The SMILES string of the molecule is Cc1oc2ncnc(NC3(C)CC3)c2c1C(=O)N[C@H](C)c1ccc(F)cc1F. The molecule has 0 spiro atoms. The maximum Gasteiger partial charge on any atom is 0.256 e. The highest BCUT2D eigenvalue weighted by molar-refractivity contribution is 6.10. The van der Waals surface area contributed by atoms with E-state index in [1.165, 1.54) is 12.4 Å². The number of amides is 1. The zero-order chi connectivity index (χ0) is 20.1. The summed E-state index contributed by atoms with van der Waals surface area (Å²) in [6.45, 7) is 5.38. The van der Waals surface area contributed by atoms with Crippen molar-refractivity contribution in [3.05, 3.63) is 53.0 Å². The van der Waals surface area contributed by atoms with Gasteiger partial charge < -0.3 is 15.1 Å². The molecule has 2 aromatic heterocycles. The highest BCUT2D eigenvalue weighted by atomic mass is 19.1. The molecular weight excluding hydrogens is 366 g/mol. The molecule has 0 unspecified atom stereocenters. The first-order valence-electron chi connectivity index (χ1n) is 9.05. The van der Waals surface area contributed by atoms with Gasteiger partial charge in [-0.1, -0.05) is 6.07 Å². The topological polar surface area (TPSA) is 80.1 Å². The third-order valence-electron chi connectivity index (χ3n) is 5.09. The molecule has 3 aromatic rings. The largest absolute Gasteiger partial charge is 0.442 e. The maximum absolute atomic E-state index is 14.0. The van der Waals surface area contributed by atoms with Crippen LogP contribution >= 0.6 is 0 Å². The summed E-state index contributed by atoms with van der Waals surface area (Å²) in [6, 6.07) is 2.61. The van der Waals surface area contributed by atoms with Gasteiger partial charge in [0.15, 0.2) is 0 Å². The Morgan fingerprint density at radius 1 is 1.29 bits per heavy atom. The number of aryl methyl sites for hydroxylation is 1. The molecule has 1 amide bonds. The van der Waals surface area contributed by atoms with Crippen LogP contribution in [-0.2, 0) is 0 Å². The molecule has 28 heavy (non-hydrogen) atoms. The van der Waals surface area contributed by atoms with Crippen LogP contribution in [0.1, 0.15) is 54.4 Å².